The Bertz CT molecular complexity index is 675. The van der Waals surface area contributed by atoms with Crippen molar-refractivity contribution in [2.75, 3.05) is 33.8 Å². The number of rotatable bonds is 8. The van der Waals surface area contributed by atoms with Crippen molar-refractivity contribution in [3.05, 3.63) is 59.7 Å². The molecule has 1 aliphatic rings. The minimum absolute atomic E-state index is 0. The Kier molecular flexibility index (Phi) is 8.92. The fraction of sp³-hybridized carbons (Fsp3) is 0.455. The maximum Gasteiger partial charge on any atom is 0.161 e. The van der Waals surface area contributed by atoms with Crippen LogP contribution in [0.1, 0.15) is 24.0 Å². The van der Waals surface area contributed by atoms with Gasteiger partial charge in [0.05, 0.1) is 7.11 Å². The molecule has 148 valence electrons. The zero-order chi connectivity index (χ0) is 18.2. The number of methoxy groups -OCH3 is 1. The van der Waals surface area contributed by atoms with Gasteiger partial charge in [0.15, 0.2) is 11.5 Å². The van der Waals surface area contributed by atoms with Crippen LogP contribution < -0.4 is 14.8 Å². The summed E-state index contributed by atoms with van der Waals surface area (Å²) in [5, 5.41) is 3.43. The summed E-state index contributed by atoms with van der Waals surface area (Å²) in [4.78, 5) is 2.41. The van der Waals surface area contributed by atoms with Crippen molar-refractivity contribution < 1.29 is 9.47 Å². The zero-order valence-corrected chi connectivity index (χ0v) is 17.1. The van der Waals surface area contributed by atoms with Gasteiger partial charge < -0.3 is 19.7 Å². The predicted molar refractivity (Wildman–Crippen MR) is 113 cm³/mol. The van der Waals surface area contributed by atoms with Gasteiger partial charge in [0.2, 0.25) is 0 Å². The first kappa shape index (κ1) is 21.5. The van der Waals surface area contributed by atoms with E-state index in [1.165, 1.54) is 18.4 Å². The van der Waals surface area contributed by atoms with Crippen molar-refractivity contribution in [2.24, 2.45) is 5.92 Å². The number of nitrogens with one attached hydrogen (secondary N) is 1. The molecule has 0 aliphatic carbocycles. The topological polar surface area (TPSA) is 33.7 Å². The highest BCUT2D eigenvalue weighted by molar-refractivity contribution is 5.85. The molecule has 1 N–H and O–H groups in total. The third-order valence-electron chi connectivity index (χ3n) is 4.95. The van der Waals surface area contributed by atoms with Gasteiger partial charge in [-0.15, -0.1) is 12.4 Å². The number of halogens is 1. The normalized spacial score (nSPS) is 14.6. The second kappa shape index (κ2) is 11.2. The second-order valence-corrected chi connectivity index (χ2v) is 7.15. The molecule has 0 bridgehead atoms. The molecule has 1 aliphatic heterocycles. The van der Waals surface area contributed by atoms with Crippen LogP contribution in [0.2, 0.25) is 0 Å². The van der Waals surface area contributed by atoms with Gasteiger partial charge in [-0.05, 0) is 62.2 Å². The minimum Gasteiger partial charge on any atom is -0.493 e. The highest BCUT2D eigenvalue weighted by atomic mass is 35.5. The summed E-state index contributed by atoms with van der Waals surface area (Å²) in [5.74, 6) is 2.39. The number of benzene rings is 2. The van der Waals surface area contributed by atoms with Crippen LogP contribution in [0.25, 0.3) is 0 Å². The van der Waals surface area contributed by atoms with Gasteiger partial charge in [-0.25, -0.2) is 0 Å². The Morgan fingerprint density at radius 2 is 1.74 bits per heavy atom. The standard InChI is InChI=1S/C22H30N2O2.ClH/c1-24(15-18-10-12-23-13-11-18)16-20-8-9-21(22(14-20)25-2)26-17-19-6-4-3-5-7-19;/h3-9,14,18,23H,10-13,15-17H2,1-2H3;1H. The minimum atomic E-state index is 0. The first-order valence-electron chi connectivity index (χ1n) is 9.47. The molecule has 0 atom stereocenters. The molecule has 0 unspecified atom stereocenters. The summed E-state index contributed by atoms with van der Waals surface area (Å²) < 4.78 is 11.5. The Morgan fingerprint density at radius 1 is 1.00 bits per heavy atom. The van der Waals surface area contributed by atoms with E-state index in [9.17, 15) is 0 Å². The van der Waals surface area contributed by atoms with Crippen LogP contribution >= 0.6 is 12.4 Å². The maximum atomic E-state index is 5.95. The van der Waals surface area contributed by atoms with Gasteiger partial charge in [0.1, 0.15) is 6.61 Å². The molecule has 2 aromatic carbocycles. The van der Waals surface area contributed by atoms with Crippen LogP contribution in [0.15, 0.2) is 48.5 Å². The molecule has 0 radical (unpaired) electrons. The molecule has 0 spiro atoms. The highest BCUT2D eigenvalue weighted by Gasteiger charge is 2.15. The van der Waals surface area contributed by atoms with E-state index in [-0.39, 0.29) is 12.4 Å². The van der Waals surface area contributed by atoms with E-state index < -0.39 is 0 Å². The van der Waals surface area contributed by atoms with Gasteiger partial charge in [-0.1, -0.05) is 36.4 Å². The molecule has 0 saturated carbocycles. The van der Waals surface area contributed by atoms with E-state index >= 15 is 0 Å². The SMILES string of the molecule is COc1cc(CN(C)CC2CCNCC2)ccc1OCc1ccccc1.Cl. The fourth-order valence-electron chi connectivity index (χ4n) is 3.55. The van der Waals surface area contributed by atoms with E-state index in [0.717, 1.165) is 49.2 Å². The molecule has 1 saturated heterocycles. The molecule has 1 fully saturated rings. The zero-order valence-electron chi connectivity index (χ0n) is 16.3. The predicted octanol–water partition coefficient (Wildman–Crippen LogP) is 4.13. The summed E-state index contributed by atoms with van der Waals surface area (Å²) in [7, 11) is 3.90. The summed E-state index contributed by atoms with van der Waals surface area (Å²) in [6.45, 7) is 4.93. The monoisotopic (exact) mass is 390 g/mol. The fourth-order valence-corrected chi connectivity index (χ4v) is 3.55. The lowest BCUT2D eigenvalue weighted by Gasteiger charge is -2.27. The van der Waals surface area contributed by atoms with E-state index in [0.29, 0.717) is 6.61 Å². The summed E-state index contributed by atoms with van der Waals surface area (Å²) >= 11 is 0. The first-order valence-corrected chi connectivity index (χ1v) is 9.47. The molecule has 0 aromatic heterocycles. The molecular formula is C22H31ClN2O2. The van der Waals surface area contributed by atoms with Gasteiger partial charge >= 0.3 is 0 Å². The molecule has 2 aromatic rings. The van der Waals surface area contributed by atoms with Gasteiger partial charge in [0.25, 0.3) is 0 Å². The second-order valence-electron chi connectivity index (χ2n) is 7.15. The maximum absolute atomic E-state index is 5.95. The Morgan fingerprint density at radius 3 is 2.44 bits per heavy atom. The molecule has 5 heteroatoms. The lowest BCUT2D eigenvalue weighted by Crippen LogP contribution is -2.34. The summed E-state index contributed by atoms with van der Waals surface area (Å²) in [6.07, 6.45) is 2.56. The van der Waals surface area contributed by atoms with Crippen LogP contribution in [-0.2, 0) is 13.2 Å². The van der Waals surface area contributed by atoms with Gasteiger partial charge in [0, 0.05) is 13.1 Å². The number of hydrogen-bond acceptors (Lipinski definition) is 4. The average molecular weight is 391 g/mol. The number of nitrogens with zero attached hydrogens (tertiary/aromatic N) is 1. The van der Waals surface area contributed by atoms with Gasteiger partial charge in [-0.2, -0.15) is 0 Å². The van der Waals surface area contributed by atoms with E-state index in [4.69, 9.17) is 9.47 Å². The van der Waals surface area contributed by atoms with E-state index in [2.05, 4.69) is 41.5 Å². The van der Waals surface area contributed by atoms with E-state index in [1.54, 1.807) is 7.11 Å². The number of ether oxygens (including phenoxy) is 2. The molecular weight excluding hydrogens is 360 g/mol. The summed E-state index contributed by atoms with van der Waals surface area (Å²) in [5.41, 5.74) is 2.41. The molecule has 4 nitrogen and oxygen atoms in total. The third-order valence-corrected chi connectivity index (χ3v) is 4.95. The van der Waals surface area contributed by atoms with Crippen molar-refractivity contribution in [2.45, 2.75) is 26.0 Å². The van der Waals surface area contributed by atoms with Crippen LogP contribution in [-0.4, -0.2) is 38.7 Å². The van der Waals surface area contributed by atoms with Crippen molar-refractivity contribution in [1.82, 2.24) is 10.2 Å². The van der Waals surface area contributed by atoms with Crippen LogP contribution in [0.4, 0.5) is 0 Å². The smallest absolute Gasteiger partial charge is 0.161 e. The lowest BCUT2D eigenvalue weighted by atomic mass is 9.97. The quantitative estimate of drug-likeness (QED) is 0.734. The highest BCUT2D eigenvalue weighted by Crippen LogP contribution is 2.29. The molecule has 0 amide bonds. The number of piperidine rings is 1. The number of hydrogen-bond donors (Lipinski definition) is 1. The van der Waals surface area contributed by atoms with Crippen molar-refractivity contribution in [1.29, 1.82) is 0 Å². The Balaban J connectivity index is 0.00000261. The molecule has 3 rings (SSSR count). The van der Waals surface area contributed by atoms with Crippen molar-refractivity contribution in [3.63, 3.8) is 0 Å². The van der Waals surface area contributed by atoms with Crippen LogP contribution in [0.3, 0.4) is 0 Å². The van der Waals surface area contributed by atoms with Crippen LogP contribution in [0, 0.1) is 5.92 Å². The first-order chi connectivity index (χ1) is 12.7. The van der Waals surface area contributed by atoms with Crippen molar-refractivity contribution >= 4 is 12.4 Å². The molecule has 27 heavy (non-hydrogen) atoms. The molecule has 1 heterocycles. The third kappa shape index (κ3) is 6.73. The van der Waals surface area contributed by atoms with E-state index in [1.807, 2.05) is 24.3 Å². The Labute approximate surface area is 169 Å². The lowest BCUT2D eigenvalue weighted by molar-refractivity contribution is 0.234. The largest absolute Gasteiger partial charge is 0.493 e. The Hall–Kier alpha value is -1.75. The summed E-state index contributed by atoms with van der Waals surface area (Å²) in [6, 6.07) is 16.5. The van der Waals surface area contributed by atoms with Crippen LogP contribution in [0.5, 0.6) is 11.5 Å². The van der Waals surface area contributed by atoms with Crippen molar-refractivity contribution in [3.8, 4) is 11.5 Å². The average Bonchev–Trinajstić information content (AvgIpc) is 2.68. The van der Waals surface area contributed by atoms with Gasteiger partial charge in [-0.3, -0.25) is 0 Å².